The number of hydrogen-bond acceptors (Lipinski definition) is 5. The van der Waals surface area contributed by atoms with Gasteiger partial charge in [0.15, 0.2) is 0 Å². The third kappa shape index (κ3) is 5.87. The summed E-state index contributed by atoms with van der Waals surface area (Å²) in [6.45, 7) is 8.19. The monoisotopic (exact) mass is 333 g/mol. The van der Waals surface area contributed by atoms with Gasteiger partial charge in [0, 0.05) is 25.7 Å². The molecule has 0 aliphatic carbocycles. The van der Waals surface area contributed by atoms with Gasteiger partial charge in [-0.3, -0.25) is 4.90 Å². The number of ether oxygens (including phenoxy) is 2. The fourth-order valence-electron chi connectivity index (χ4n) is 2.58. The average Bonchev–Trinajstić information content (AvgIpc) is 2.48. The maximum absolute atomic E-state index is 12.1. The maximum Gasteiger partial charge on any atom is 0.573 e. The zero-order valence-electron chi connectivity index (χ0n) is 13.3. The van der Waals surface area contributed by atoms with Gasteiger partial charge in [0.25, 0.3) is 0 Å². The number of aromatic nitrogens is 1. The topological polar surface area (TPSA) is 46.6 Å². The molecule has 1 aromatic heterocycles. The van der Waals surface area contributed by atoms with Gasteiger partial charge in [0.05, 0.1) is 19.4 Å². The number of nitrogens with zero attached hydrogens (tertiary/aromatic N) is 2. The van der Waals surface area contributed by atoms with E-state index in [1.54, 1.807) is 0 Å². The van der Waals surface area contributed by atoms with E-state index < -0.39 is 6.36 Å². The van der Waals surface area contributed by atoms with Crippen molar-refractivity contribution in [1.82, 2.24) is 9.88 Å². The lowest BCUT2D eigenvalue weighted by molar-refractivity contribution is -0.274. The first-order chi connectivity index (χ1) is 10.8. The predicted molar refractivity (Wildman–Crippen MR) is 80.4 cm³/mol. The quantitative estimate of drug-likeness (QED) is 0.867. The molecule has 2 heterocycles. The fourth-order valence-corrected chi connectivity index (χ4v) is 2.58. The Labute approximate surface area is 133 Å². The van der Waals surface area contributed by atoms with Gasteiger partial charge in [-0.1, -0.05) is 13.8 Å². The molecule has 0 saturated carbocycles. The smallest absolute Gasteiger partial charge is 0.404 e. The molecule has 1 aliphatic heterocycles. The van der Waals surface area contributed by atoms with Gasteiger partial charge >= 0.3 is 6.36 Å². The number of halogens is 3. The molecule has 1 atom stereocenters. The molecule has 23 heavy (non-hydrogen) atoms. The van der Waals surface area contributed by atoms with E-state index in [4.69, 9.17) is 4.74 Å². The highest BCUT2D eigenvalue weighted by Gasteiger charge is 2.31. The lowest BCUT2D eigenvalue weighted by Gasteiger charge is -2.37. The molecule has 1 saturated heterocycles. The number of morpholine rings is 1. The first kappa shape index (κ1) is 17.8. The van der Waals surface area contributed by atoms with Gasteiger partial charge in [0.2, 0.25) is 0 Å². The Morgan fingerprint density at radius 2 is 2.00 bits per heavy atom. The van der Waals surface area contributed by atoms with Crippen LogP contribution in [0.1, 0.15) is 13.8 Å². The van der Waals surface area contributed by atoms with Crippen molar-refractivity contribution in [1.29, 1.82) is 0 Å². The van der Waals surface area contributed by atoms with Crippen LogP contribution in [0.4, 0.5) is 19.0 Å². The number of pyridine rings is 1. The summed E-state index contributed by atoms with van der Waals surface area (Å²) in [4.78, 5) is 6.32. The van der Waals surface area contributed by atoms with Crippen molar-refractivity contribution in [3.8, 4) is 5.75 Å². The van der Waals surface area contributed by atoms with Gasteiger partial charge in [-0.05, 0) is 18.1 Å². The summed E-state index contributed by atoms with van der Waals surface area (Å²) in [5, 5.41) is 3.18. The van der Waals surface area contributed by atoms with Crippen LogP contribution in [0.25, 0.3) is 0 Å². The van der Waals surface area contributed by atoms with Crippen LogP contribution in [0.15, 0.2) is 18.3 Å². The van der Waals surface area contributed by atoms with Crippen molar-refractivity contribution < 1.29 is 22.6 Å². The largest absolute Gasteiger partial charge is 0.573 e. The highest BCUT2D eigenvalue weighted by molar-refractivity contribution is 5.37. The molecule has 0 amide bonds. The van der Waals surface area contributed by atoms with E-state index in [1.165, 1.54) is 12.1 Å². The average molecular weight is 333 g/mol. The van der Waals surface area contributed by atoms with Gasteiger partial charge in [0.1, 0.15) is 11.6 Å². The molecule has 130 valence electrons. The molecule has 0 bridgehead atoms. The second-order valence-corrected chi connectivity index (χ2v) is 5.77. The first-order valence-electron chi connectivity index (χ1n) is 7.62. The molecule has 1 unspecified atom stereocenters. The Balaban J connectivity index is 1.90. The Kier molecular flexibility index (Phi) is 6.06. The van der Waals surface area contributed by atoms with E-state index in [9.17, 15) is 13.2 Å². The van der Waals surface area contributed by atoms with Gasteiger partial charge in [-0.25, -0.2) is 4.98 Å². The number of alkyl halides is 3. The molecule has 0 radical (unpaired) electrons. The number of rotatable bonds is 6. The van der Waals surface area contributed by atoms with Crippen molar-refractivity contribution in [2.24, 2.45) is 5.92 Å². The van der Waals surface area contributed by atoms with Crippen LogP contribution in [-0.2, 0) is 4.74 Å². The SMILES string of the molecule is CC(C)C(CNc1ccc(OC(F)(F)F)cn1)N1CCOCC1. The van der Waals surface area contributed by atoms with E-state index in [0.29, 0.717) is 24.3 Å². The van der Waals surface area contributed by atoms with E-state index in [0.717, 1.165) is 32.5 Å². The fraction of sp³-hybridized carbons (Fsp3) is 0.667. The second kappa shape index (κ2) is 7.83. The lowest BCUT2D eigenvalue weighted by atomic mass is 10.0. The van der Waals surface area contributed by atoms with E-state index in [-0.39, 0.29) is 5.75 Å². The zero-order chi connectivity index (χ0) is 16.9. The first-order valence-corrected chi connectivity index (χ1v) is 7.62. The standard InChI is InChI=1S/C15H22F3N3O2/c1-11(2)13(21-5-7-22-8-6-21)10-20-14-4-3-12(9-19-14)23-15(16,17)18/h3-4,9,11,13H,5-8,10H2,1-2H3,(H,19,20). The Morgan fingerprint density at radius 1 is 1.30 bits per heavy atom. The summed E-state index contributed by atoms with van der Waals surface area (Å²) in [5.41, 5.74) is 0. The molecule has 1 aromatic rings. The van der Waals surface area contributed by atoms with Crippen molar-refractivity contribution in [3.05, 3.63) is 18.3 Å². The van der Waals surface area contributed by atoms with Crippen molar-refractivity contribution in [3.63, 3.8) is 0 Å². The lowest BCUT2D eigenvalue weighted by Crippen LogP contribution is -2.49. The van der Waals surface area contributed by atoms with E-state index in [1.807, 2.05) is 0 Å². The molecule has 1 aliphatic rings. The van der Waals surface area contributed by atoms with E-state index >= 15 is 0 Å². The molecule has 1 N–H and O–H groups in total. The van der Waals surface area contributed by atoms with Crippen LogP contribution in [0.5, 0.6) is 5.75 Å². The molecule has 1 fully saturated rings. The van der Waals surface area contributed by atoms with Crippen LogP contribution < -0.4 is 10.1 Å². The third-order valence-corrected chi connectivity index (χ3v) is 3.75. The summed E-state index contributed by atoms with van der Waals surface area (Å²) < 4.78 is 45.5. The molecule has 0 spiro atoms. The van der Waals surface area contributed by atoms with Crippen molar-refractivity contribution in [2.45, 2.75) is 26.3 Å². The summed E-state index contributed by atoms with van der Waals surface area (Å²) in [6.07, 6.45) is -3.63. The van der Waals surface area contributed by atoms with Crippen LogP contribution in [0.2, 0.25) is 0 Å². The molecule has 0 aromatic carbocycles. The molecule has 8 heteroatoms. The summed E-state index contributed by atoms with van der Waals surface area (Å²) in [7, 11) is 0. The third-order valence-electron chi connectivity index (χ3n) is 3.75. The minimum atomic E-state index is -4.70. The van der Waals surface area contributed by atoms with Crippen molar-refractivity contribution >= 4 is 5.82 Å². The van der Waals surface area contributed by atoms with Crippen molar-refractivity contribution in [2.75, 3.05) is 38.2 Å². The number of nitrogens with one attached hydrogen (secondary N) is 1. The Hall–Kier alpha value is -1.54. The van der Waals surface area contributed by atoms with Crippen LogP contribution in [0.3, 0.4) is 0 Å². The van der Waals surface area contributed by atoms with Crippen LogP contribution >= 0.6 is 0 Å². The second-order valence-electron chi connectivity index (χ2n) is 5.77. The van der Waals surface area contributed by atoms with Crippen LogP contribution in [-0.4, -0.2) is 55.1 Å². The van der Waals surface area contributed by atoms with Gasteiger partial charge in [-0.15, -0.1) is 13.2 Å². The minimum absolute atomic E-state index is 0.312. The molecular weight excluding hydrogens is 311 g/mol. The minimum Gasteiger partial charge on any atom is -0.404 e. The normalized spacial score (nSPS) is 18.0. The van der Waals surface area contributed by atoms with Gasteiger partial charge < -0.3 is 14.8 Å². The molecule has 2 rings (SSSR count). The highest BCUT2D eigenvalue weighted by atomic mass is 19.4. The van der Waals surface area contributed by atoms with E-state index in [2.05, 4.69) is 33.8 Å². The predicted octanol–water partition coefficient (Wildman–Crippen LogP) is 2.75. The number of hydrogen-bond donors (Lipinski definition) is 1. The molecule has 5 nitrogen and oxygen atoms in total. The maximum atomic E-state index is 12.1. The summed E-state index contributed by atoms with van der Waals surface area (Å²) >= 11 is 0. The van der Waals surface area contributed by atoms with Crippen LogP contribution in [0, 0.1) is 5.92 Å². The molecular formula is C15H22F3N3O2. The summed E-state index contributed by atoms with van der Waals surface area (Å²) in [6, 6.07) is 3.05. The Morgan fingerprint density at radius 3 is 2.52 bits per heavy atom. The zero-order valence-corrected chi connectivity index (χ0v) is 13.3. The number of anilines is 1. The summed E-state index contributed by atoms with van der Waals surface area (Å²) in [5.74, 6) is 0.642. The van der Waals surface area contributed by atoms with Gasteiger partial charge in [-0.2, -0.15) is 0 Å². The Bertz CT molecular complexity index is 474. The highest BCUT2D eigenvalue weighted by Crippen LogP contribution is 2.22.